The number of benzene rings is 2. The van der Waals surface area contributed by atoms with Gasteiger partial charge in [-0.1, -0.05) is 11.3 Å². The molecular weight excluding hydrogens is 330 g/mol. The normalized spacial score (nSPS) is 10.6. The number of nitrogens with two attached hydrogens (primary N) is 1. The van der Waals surface area contributed by atoms with Gasteiger partial charge in [-0.05, 0) is 68.3 Å². The molecule has 1 heterocycles. The fourth-order valence-electron chi connectivity index (χ4n) is 2.71. The molecule has 3 aromatic rings. The zero-order valence-electron chi connectivity index (χ0n) is 15.0. The van der Waals surface area contributed by atoms with Gasteiger partial charge < -0.3 is 15.8 Å². The molecule has 2 aromatic carbocycles. The molecule has 1 aromatic heterocycles. The highest BCUT2D eigenvalue weighted by atomic mass is 16.5. The van der Waals surface area contributed by atoms with Crippen LogP contribution < -0.4 is 15.8 Å². The highest BCUT2D eigenvalue weighted by molar-refractivity contribution is 6.05. The van der Waals surface area contributed by atoms with Crippen molar-refractivity contribution in [1.82, 2.24) is 15.0 Å². The molecule has 0 bridgehead atoms. The second kappa shape index (κ2) is 7.26. The molecule has 0 aliphatic heterocycles. The molecule has 1 amide bonds. The van der Waals surface area contributed by atoms with Gasteiger partial charge in [0.2, 0.25) is 0 Å². The molecular formula is C19H21N5O2. The Morgan fingerprint density at radius 3 is 2.42 bits per heavy atom. The Balaban J connectivity index is 1.81. The summed E-state index contributed by atoms with van der Waals surface area (Å²) >= 11 is 0. The number of carbonyl (C=O) groups excluding carboxylic acids is 1. The topological polar surface area (TPSA) is 95.1 Å². The summed E-state index contributed by atoms with van der Waals surface area (Å²) in [4.78, 5) is 12.5. The van der Waals surface area contributed by atoms with Gasteiger partial charge in [0.15, 0.2) is 11.5 Å². The van der Waals surface area contributed by atoms with Crippen molar-refractivity contribution in [2.24, 2.45) is 0 Å². The van der Waals surface area contributed by atoms with Crippen LogP contribution in [0.1, 0.15) is 28.5 Å². The maximum Gasteiger partial charge on any atom is 0.280 e. The smallest absolute Gasteiger partial charge is 0.280 e. The summed E-state index contributed by atoms with van der Waals surface area (Å²) in [6.45, 7) is 6.48. The number of aromatic nitrogens is 3. The van der Waals surface area contributed by atoms with Crippen LogP contribution in [0.25, 0.3) is 5.69 Å². The number of hydrogen-bond donors (Lipinski definition) is 2. The lowest BCUT2D eigenvalue weighted by atomic mass is 10.1. The molecule has 0 saturated carbocycles. The summed E-state index contributed by atoms with van der Waals surface area (Å²) in [6.07, 6.45) is 0. The van der Waals surface area contributed by atoms with E-state index in [9.17, 15) is 4.79 Å². The first-order chi connectivity index (χ1) is 12.5. The van der Waals surface area contributed by atoms with E-state index in [0.717, 1.165) is 22.6 Å². The van der Waals surface area contributed by atoms with Gasteiger partial charge in [-0.3, -0.25) is 4.79 Å². The number of nitrogens with one attached hydrogen (secondary N) is 1. The summed E-state index contributed by atoms with van der Waals surface area (Å²) in [6, 6.07) is 13.0. The molecule has 3 N–H and O–H groups in total. The van der Waals surface area contributed by atoms with E-state index >= 15 is 0 Å². The first-order valence-electron chi connectivity index (χ1n) is 8.32. The highest BCUT2D eigenvalue weighted by Crippen LogP contribution is 2.20. The van der Waals surface area contributed by atoms with Gasteiger partial charge in [0.25, 0.3) is 5.91 Å². The van der Waals surface area contributed by atoms with Crippen molar-refractivity contribution in [2.75, 3.05) is 17.7 Å². The molecule has 134 valence electrons. The van der Waals surface area contributed by atoms with Gasteiger partial charge in [-0.25, -0.2) is 0 Å². The molecule has 0 unspecified atom stereocenters. The minimum Gasteiger partial charge on any atom is -0.494 e. The molecule has 0 saturated heterocycles. The van der Waals surface area contributed by atoms with Crippen molar-refractivity contribution in [3.05, 3.63) is 59.3 Å². The van der Waals surface area contributed by atoms with Crippen molar-refractivity contribution in [3.8, 4) is 11.4 Å². The van der Waals surface area contributed by atoms with Crippen LogP contribution in [-0.2, 0) is 0 Å². The van der Waals surface area contributed by atoms with Crippen molar-refractivity contribution < 1.29 is 9.53 Å². The first kappa shape index (κ1) is 17.5. The van der Waals surface area contributed by atoms with Crippen LogP contribution in [0.15, 0.2) is 42.5 Å². The average Bonchev–Trinajstić information content (AvgIpc) is 2.97. The lowest BCUT2D eigenvalue weighted by Gasteiger charge is -2.07. The lowest BCUT2D eigenvalue weighted by Crippen LogP contribution is -2.15. The fraction of sp³-hybridized carbons (Fsp3) is 0.211. The van der Waals surface area contributed by atoms with Crippen molar-refractivity contribution >= 4 is 17.4 Å². The Morgan fingerprint density at radius 2 is 1.81 bits per heavy atom. The number of amides is 1. The molecule has 0 aliphatic carbocycles. The van der Waals surface area contributed by atoms with Crippen molar-refractivity contribution in [2.45, 2.75) is 20.8 Å². The Labute approximate surface area is 151 Å². The van der Waals surface area contributed by atoms with Gasteiger partial charge >= 0.3 is 0 Å². The number of ether oxygens (including phenoxy) is 1. The second-order valence-corrected chi connectivity index (χ2v) is 5.99. The summed E-state index contributed by atoms with van der Waals surface area (Å²) in [5, 5.41) is 10.7. The van der Waals surface area contributed by atoms with E-state index in [1.54, 1.807) is 24.3 Å². The van der Waals surface area contributed by atoms with E-state index in [4.69, 9.17) is 10.5 Å². The molecule has 7 heteroatoms. The summed E-state index contributed by atoms with van der Waals surface area (Å²) in [7, 11) is 0. The third-order valence-electron chi connectivity index (χ3n) is 3.79. The van der Waals surface area contributed by atoms with Crippen LogP contribution in [0, 0.1) is 13.8 Å². The first-order valence-corrected chi connectivity index (χ1v) is 8.32. The largest absolute Gasteiger partial charge is 0.494 e. The quantitative estimate of drug-likeness (QED) is 0.736. The fourth-order valence-corrected chi connectivity index (χ4v) is 2.71. The average molecular weight is 351 g/mol. The molecule has 7 nitrogen and oxygen atoms in total. The molecule has 26 heavy (non-hydrogen) atoms. The molecule has 0 atom stereocenters. The van der Waals surface area contributed by atoms with Crippen LogP contribution in [0.5, 0.6) is 5.75 Å². The molecule has 3 rings (SSSR count). The van der Waals surface area contributed by atoms with Crippen LogP contribution in [0.3, 0.4) is 0 Å². The maximum atomic E-state index is 12.5. The molecule has 0 aliphatic rings. The minimum atomic E-state index is -0.415. The van der Waals surface area contributed by atoms with E-state index in [1.165, 1.54) is 4.68 Å². The van der Waals surface area contributed by atoms with Crippen LogP contribution >= 0.6 is 0 Å². The van der Waals surface area contributed by atoms with Gasteiger partial charge in [-0.2, -0.15) is 4.68 Å². The van der Waals surface area contributed by atoms with Gasteiger partial charge in [-0.15, -0.1) is 5.10 Å². The van der Waals surface area contributed by atoms with E-state index in [1.807, 2.05) is 32.9 Å². The summed E-state index contributed by atoms with van der Waals surface area (Å²) in [5.74, 6) is 0.520. The van der Waals surface area contributed by atoms with E-state index < -0.39 is 5.91 Å². The zero-order valence-corrected chi connectivity index (χ0v) is 15.0. The SMILES string of the molecule is CCOc1ccc(NC(=O)c2nnn(-c3cc(C)cc(C)c3)c2N)cc1. The Kier molecular flexibility index (Phi) is 4.88. The molecule has 0 radical (unpaired) electrons. The maximum absolute atomic E-state index is 12.5. The Hall–Kier alpha value is -3.35. The van der Waals surface area contributed by atoms with Gasteiger partial charge in [0.05, 0.1) is 12.3 Å². The second-order valence-electron chi connectivity index (χ2n) is 5.99. The van der Waals surface area contributed by atoms with Gasteiger partial charge in [0, 0.05) is 5.69 Å². The number of anilines is 2. The third-order valence-corrected chi connectivity index (χ3v) is 3.79. The highest BCUT2D eigenvalue weighted by Gasteiger charge is 2.18. The van der Waals surface area contributed by atoms with E-state index in [-0.39, 0.29) is 11.5 Å². The zero-order chi connectivity index (χ0) is 18.7. The monoisotopic (exact) mass is 351 g/mol. The van der Waals surface area contributed by atoms with Crippen LogP contribution in [0.2, 0.25) is 0 Å². The Morgan fingerprint density at radius 1 is 1.15 bits per heavy atom. The van der Waals surface area contributed by atoms with Crippen molar-refractivity contribution in [1.29, 1.82) is 0 Å². The predicted octanol–water partition coefficient (Wildman–Crippen LogP) is 3.12. The van der Waals surface area contributed by atoms with E-state index in [2.05, 4.69) is 21.7 Å². The van der Waals surface area contributed by atoms with E-state index in [0.29, 0.717) is 12.3 Å². The van der Waals surface area contributed by atoms with Crippen molar-refractivity contribution in [3.63, 3.8) is 0 Å². The number of nitrogen functional groups attached to an aromatic ring is 1. The van der Waals surface area contributed by atoms with Crippen LogP contribution in [0.4, 0.5) is 11.5 Å². The Bertz CT molecular complexity index is 911. The number of nitrogens with zero attached hydrogens (tertiary/aromatic N) is 3. The third kappa shape index (κ3) is 3.66. The standard InChI is InChI=1S/C19H21N5O2/c1-4-26-16-7-5-14(6-8-16)21-19(25)17-18(20)24(23-22-17)15-10-12(2)9-13(3)11-15/h5-11H,4,20H2,1-3H3,(H,21,25). The number of hydrogen-bond acceptors (Lipinski definition) is 5. The van der Waals surface area contributed by atoms with Crippen LogP contribution in [-0.4, -0.2) is 27.5 Å². The molecule has 0 fully saturated rings. The molecule has 0 spiro atoms. The number of aryl methyl sites for hydroxylation is 2. The number of carbonyl (C=O) groups is 1. The lowest BCUT2D eigenvalue weighted by molar-refractivity contribution is 0.102. The number of rotatable bonds is 5. The summed E-state index contributed by atoms with van der Waals surface area (Å²) in [5.41, 5.74) is 9.75. The minimum absolute atomic E-state index is 0.0815. The summed E-state index contributed by atoms with van der Waals surface area (Å²) < 4.78 is 6.85. The van der Waals surface area contributed by atoms with Gasteiger partial charge in [0.1, 0.15) is 5.75 Å². The predicted molar refractivity (Wildman–Crippen MR) is 101 cm³/mol.